The normalized spacial score (nSPS) is 16.6. The number of rotatable bonds is 5. The van der Waals surface area contributed by atoms with Crippen molar-refractivity contribution in [3.63, 3.8) is 0 Å². The van der Waals surface area contributed by atoms with Gasteiger partial charge in [-0.15, -0.1) is 0 Å². The number of nitrogens with one attached hydrogen (secondary N) is 2. The summed E-state index contributed by atoms with van der Waals surface area (Å²) in [5.41, 5.74) is 6.59. The highest BCUT2D eigenvalue weighted by Crippen LogP contribution is 2.31. The summed E-state index contributed by atoms with van der Waals surface area (Å²) in [4.78, 5) is 30.4. The maximum Gasteiger partial charge on any atom is 0.227 e. The summed E-state index contributed by atoms with van der Waals surface area (Å²) in [5.74, 6) is -0.314. The predicted molar refractivity (Wildman–Crippen MR) is 116 cm³/mol. The van der Waals surface area contributed by atoms with E-state index in [4.69, 9.17) is 0 Å². The number of hydrogen-bond acceptors (Lipinski definition) is 2. The molecule has 1 aromatic heterocycles. The lowest BCUT2D eigenvalue weighted by Crippen LogP contribution is -2.34. The Kier molecular flexibility index (Phi) is 5.14. The standard InChI is InChI=1S/C24H27N3O2/c1-15-10-16(2)23(17(3)11-15)27-14-19(12-22(27)28)24(29)25-9-8-18-13-26-21-7-5-4-6-20(18)21/h4-7,10-11,13,19,26H,8-9,12,14H2,1-3H3,(H,25,29). The number of para-hydroxylation sites is 1. The summed E-state index contributed by atoms with van der Waals surface area (Å²) in [6, 6.07) is 12.3. The molecule has 0 aliphatic carbocycles. The van der Waals surface area contributed by atoms with E-state index in [0.29, 0.717) is 13.1 Å². The van der Waals surface area contributed by atoms with Gasteiger partial charge in [-0.2, -0.15) is 0 Å². The Morgan fingerprint density at radius 1 is 1.17 bits per heavy atom. The van der Waals surface area contributed by atoms with Crippen LogP contribution in [0.3, 0.4) is 0 Å². The van der Waals surface area contributed by atoms with Gasteiger partial charge in [-0.05, 0) is 49.9 Å². The fourth-order valence-electron chi connectivity index (χ4n) is 4.50. The van der Waals surface area contributed by atoms with Crippen LogP contribution in [0.5, 0.6) is 0 Å². The zero-order valence-electron chi connectivity index (χ0n) is 17.2. The van der Waals surface area contributed by atoms with Gasteiger partial charge in [0.25, 0.3) is 0 Å². The Hall–Kier alpha value is -3.08. The summed E-state index contributed by atoms with van der Waals surface area (Å²) in [6.45, 7) is 7.12. The molecule has 1 saturated heterocycles. The molecule has 1 unspecified atom stereocenters. The van der Waals surface area contributed by atoms with Gasteiger partial charge < -0.3 is 15.2 Å². The van der Waals surface area contributed by atoms with E-state index in [1.165, 1.54) is 16.5 Å². The first kappa shape index (κ1) is 19.2. The number of anilines is 1. The fraction of sp³-hybridized carbons (Fsp3) is 0.333. The van der Waals surface area contributed by atoms with Crippen LogP contribution in [0.1, 0.15) is 28.7 Å². The molecule has 0 spiro atoms. The highest BCUT2D eigenvalue weighted by molar-refractivity contribution is 6.01. The summed E-state index contributed by atoms with van der Waals surface area (Å²) in [6.07, 6.45) is 3.03. The molecule has 3 aromatic rings. The van der Waals surface area contributed by atoms with Crippen molar-refractivity contribution in [2.45, 2.75) is 33.6 Å². The van der Waals surface area contributed by atoms with Crippen LogP contribution in [0, 0.1) is 26.7 Å². The van der Waals surface area contributed by atoms with Crippen molar-refractivity contribution in [3.8, 4) is 0 Å². The van der Waals surface area contributed by atoms with Crippen molar-refractivity contribution in [3.05, 3.63) is 64.8 Å². The third-order valence-electron chi connectivity index (χ3n) is 5.77. The minimum atomic E-state index is -0.300. The number of fused-ring (bicyclic) bond motifs is 1. The van der Waals surface area contributed by atoms with Crippen LogP contribution in [-0.2, 0) is 16.0 Å². The van der Waals surface area contributed by atoms with E-state index in [0.717, 1.165) is 28.8 Å². The SMILES string of the molecule is Cc1cc(C)c(N2CC(C(=O)NCCc3c[nH]c4ccccc34)CC2=O)c(C)c1. The first-order chi connectivity index (χ1) is 13.9. The quantitative estimate of drug-likeness (QED) is 0.697. The Morgan fingerprint density at radius 2 is 1.90 bits per heavy atom. The molecule has 150 valence electrons. The minimum Gasteiger partial charge on any atom is -0.361 e. The molecule has 2 heterocycles. The number of aromatic nitrogens is 1. The summed E-state index contributed by atoms with van der Waals surface area (Å²) in [7, 11) is 0. The highest BCUT2D eigenvalue weighted by atomic mass is 16.2. The molecule has 4 rings (SSSR count). The van der Waals surface area contributed by atoms with E-state index in [-0.39, 0.29) is 24.2 Å². The van der Waals surface area contributed by atoms with E-state index < -0.39 is 0 Å². The average molecular weight is 389 g/mol. The van der Waals surface area contributed by atoms with Gasteiger partial charge in [0.1, 0.15) is 0 Å². The van der Waals surface area contributed by atoms with Gasteiger partial charge in [-0.3, -0.25) is 9.59 Å². The van der Waals surface area contributed by atoms with Crippen LogP contribution in [0.2, 0.25) is 0 Å². The summed E-state index contributed by atoms with van der Waals surface area (Å²) in [5, 5.41) is 4.22. The number of carbonyl (C=O) groups excluding carboxylic acids is 2. The molecule has 2 N–H and O–H groups in total. The number of benzene rings is 2. The lowest BCUT2D eigenvalue weighted by molar-refractivity contribution is -0.126. The Balaban J connectivity index is 1.38. The molecule has 5 heteroatoms. The van der Waals surface area contributed by atoms with E-state index in [9.17, 15) is 9.59 Å². The zero-order valence-corrected chi connectivity index (χ0v) is 17.2. The Labute approximate surface area is 171 Å². The topological polar surface area (TPSA) is 65.2 Å². The molecule has 1 fully saturated rings. The van der Waals surface area contributed by atoms with Gasteiger partial charge in [-0.25, -0.2) is 0 Å². The van der Waals surface area contributed by atoms with Crippen LogP contribution in [0.4, 0.5) is 5.69 Å². The van der Waals surface area contributed by atoms with Gasteiger partial charge in [-0.1, -0.05) is 35.9 Å². The maximum absolute atomic E-state index is 12.7. The number of aryl methyl sites for hydroxylation is 3. The van der Waals surface area contributed by atoms with Crippen LogP contribution in [-0.4, -0.2) is 29.9 Å². The molecule has 29 heavy (non-hydrogen) atoms. The van der Waals surface area contributed by atoms with Crippen molar-refractivity contribution in [2.24, 2.45) is 5.92 Å². The van der Waals surface area contributed by atoms with E-state index in [1.807, 2.05) is 38.2 Å². The van der Waals surface area contributed by atoms with Crippen molar-refractivity contribution < 1.29 is 9.59 Å². The van der Waals surface area contributed by atoms with Gasteiger partial charge in [0.2, 0.25) is 11.8 Å². The molecule has 1 atom stereocenters. The highest BCUT2D eigenvalue weighted by Gasteiger charge is 2.36. The van der Waals surface area contributed by atoms with Crippen LogP contribution < -0.4 is 10.2 Å². The lowest BCUT2D eigenvalue weighted by Gasteiger charge is -2.22. The van der Waals surface area contributed by atoms with Crippen molar-refractivity contribution in [1.82, 2.24) is 10.3 Å². The van der Waals surface area contributed by atoms with E-state index in [2.05, 4.69) is 35.4 Å². The maximum atomic E-state index is 12.7. The van der Waals surface area contributed by atoms with Gasteiger partial charge in [0.05, 0.1) is 5.92 Å². The molecular weight excluding hydrogens is 362 g/mol. The minimum absolute atomic E-state index is 0.0248. The van der Waals surface area contributed by atoms with Crippen molar-refractivity contribution >= 4 is 28.4 Å². The number of H-pyrrole nitrogens is 1. The summed E-state index contributed by atoms with van der Waals surface area (Å²) < 4.78 is 0. The van der Waals surface area contributed by atoms with E-state index in [1.54, 1.807) is 4.90 Å². The average Bonchev–Trinajstić information content (AvgIpc) is 3.25. The predicted octanol–water partition coefficient (Wildman–Crippen LogP) is 3.80. The first-order valence-electron chi connectivity index (χ1n) is 10.1. The second-order valence-corrected chi connectivity index (χ2v) is 8.05. The fourth-order valence-corrected chi connectivity index (χ4v) is 4.50. The van der Waals surface area contributed by atoms with Gasteiger partial charge in [0.15, 0.2) is 0 Å². The van der Waals surface area contributed by atoms with Crippen molar-refractivity contribution in [2.75, 3.05) is 18.0 Å². The molecule has 2 amide bonds. The molecule has 0 radical (unpaired) electrons. The van der Waals surface area contributed by atoms with Crippen LogP contribution in [0.25, 0.3) is 10.9 Å². The number of nitrogens with zero attached hydrogens (tertiary/aromatic N) is 1. The number of carbonyl (C=O) groups is 2. The molecule has 0 saturated carbocycles. The summed E-state index contributed by atoms with van der Waals surface area (Å²) >= 11 is 0. The largest absolute Gasteiger partial charge is 0.361 e. The van der Waals surface area contributed by atoms with Crippen LogP contribution >= 0.6 is 0 Å². The Bertz CT molecular complexity index is 1060. The van der Waals surface area contributed by atoms with E-state index >= 15 is 0 Å². The monoisotopic (exact) mass is 389 g/mol. The molecule has 0 bridgehead atoms. The third kappa shape index (κ3) is 3.77. The second kappa shape index (κ2) is 7.74. The zero-order chi connectivity index (χ0) is 20.5. The number of aromatic amines is 1. The van der Waals surface area contributed by atoms with Crippen LogP contribution in [0.15, 0.2) is 42.6 Å². The van der Waals surface area contributed by atoms with Gasteiger partial charge in [0, 0.05) is 42.3 Å². The molecule has 1 aliphatic heterocycles. The lowest BCUT2D eigenvalue weighted by atomic mass is 10.0. The second-order valence-electron chi connectivity index (χ2n) is 8.05. The van der Waals surface area contributed by atoms with Crippen molar-refractivity contribution in [1.29, 1.82) is 0 Å². The first-order valence-corrected chi connectivity index (χ1v) is 10.1. The smallest absolute Gasteiger partial charge is 0.227 e. The molecular formula is C24H27N3O2. The molecule has 2 aromatic carbocycles. The van der Waals surface area contributed by atoms with Gasteiger partial charge >= 0.3 is 0 Å². The molecule has 5 nitrogen and oxygen atoms in total. The number of amides is 2. The third-order valence-corrected chi connectivity index (χ3v) is 5.77. The Morgan fingerprint density at radius 3 is 2.66 bits per heavy atom. The number of hydrogen-bond donors (Lipinski definition) is 2. The molecule has 1 aliphatic rings.